The van der Waals surface area contributed by atoms with Gasteiger partial charge in [-0.05, 0) is 36.6 Å². The summed E-state index contributed by atoms with van der Waals surface area (Å²) in [4.78, 5) is 30.0. The van der Waals surface area contributed by atoms with Crippen LogP contribution >= 0.6 is 11.3 Å². The molecule has 1 unspecified atom stereocenters. The van der Waals surface area contributed by atoms with Crippen LogP contribution in [0.25, 0.3) is 10.6 Å². The second-order valence-electron chi connectivity index (χ2n) is 6.21. The highest BCUT2D eigenvalue weighted by atomic mass is 32.1. The molecule has 0 radical (unpaired) electrons. The fourth-order valence-electron chi connectivity index (χ4n) is 2.62. The fraction of sp³-hybridized carbons (Fsp3) is 0.353. The van der Waals surface area contributed by atoms with Crippen LogP contribution in [-0.4, -0.2) is 27.9 Å². The van der Waals surface area contributed by atoms with E-state index in [-0.39, 0.29) is 24.3 Å². The van der Waals surface area contributed by atoms with Crippen molar-refractivity contribution in [3.8, 4) is 10.6 Å². The molecule has 1 aliphatic rings. The summed E-state index contributed by atoms with van der Waals surface area (Å²) in [5, 5.41) is 5.27. The van der Waals surface area contributed by atoms with Crippen molar-refractivity contribution in [2.75, 3.05) is 0 Å². The lowest BCUT2D eigenvalue weighted by Crippen LogP contribution is -2.31. The minimum absolute atomic E-state index is 0.150. The van der Waals surface area contributed by atoms with Crippen molar-refractivity contribution in [3.05, 3.63) is 41.2 Å². The van der Waals surface area contributed by atoms with Gasteiger partial charge in [-0.2, -0.15) is 0 Å². The van der Waals surface area contributed by atoms with Crippen molar-refractivity contribution in [2.24, 2.45) is 5.92 Å². The number of carbonyl (C=O) groups is 2. The largest absolute Gasteiger partial charge is 0.326 e. The zero-order valence-electron chi connectivity index (χ0n) is 13.5. The Balaban J connectivity index is 1.71. The number of imide groups is 1. The molecule has 1 aliphatic heterocycles. The zero-order chi connectivity index (χ0) is 17.3. The van der Waals surface area contributed by atoms with E-state index in [0.717, 1.165) is 10.6 Å². The highest BCUT2D eigenvalue weighted by Crippen LogP contribution is 2.25. The molecule has 126 valence electrons. The molecule has 0 spiro atoms. The van der Waals surface area contributed by atoms with Crippen LogP contribution in [-0.2, 0) is 11.3 Å². The molecule has 1 N–H and O–H groups in total. The Hall–Kier alpha value is -2.28. The van der Waals surface area contributed by atoms with Gasteiger partial charge in [-0.25, -0.2) is 14.2 Å². The fourth-order valence-corrected chi connectivity index (χ4v) is 3.44. The number of nitrogens with one attached hydrogen (secondary N) is 1. The van der Waals surface area contributed by atoms with Gasteiger partial charge < -0.3 is 5.32 Å². The molecule has 2 aromatic rings. The van der Waals surface area contributed by atoms with E-state index in [2.05, 4.69) is 10.3 Å². The molecule has 3 rings (SSSR count). The maximum Gasteiger partial charge on any atom is 0.325 e. The average molecular weight is 347 g/mol. The molecular formula is C17H18FN3O2S. The van der Waals surface area contributed by atoms with Gasteiger partial charge in [-0.1, -0.05) is 13.8 Å². The van der Waals surface area contributed by atoms with E-state index in [1.54, 1.807) is 12.1 Å². The minimum Gasteiger partial charge on any atom is -0.326 e. The SMILES string of the molecule is CC(C)CC1NC(=O)N(Cc2csc(-c3ccc(F)cc3)n2)C1=O. The molecule has 0 saturated carbocycles. The molecule has 0 bridgehead atoms. The lowest BCUT2D eigenvalue weighted by molar-refractivity contribution is -0.128. The van der Waals surface area contributed by atoms with Crippen LogP contribution in [0.15, 0.2) is 29.6 Å². The van der Waals surface area contributed by atoms with E-state index in [9.17, 15) is 14.0 Å². The van der Waals surface area contributed by atoms with Crippen molar-refractivity contribution in [2.45, 2.75) is 32.9 Å². The van der Waals surface area contributed by atoms with Gasteiger partial charge in [0.2, 0.25) is 0 Å². The van der Waals surface area contributed by atoms with Crippen LogP contribution in [0.3, 0.4) is 0 Å². The predicted octanol–water partition coefficient (Wildman–Crippen LogP) is 3.42. The molecule has 2 heterocycles. The Morgan fingerprint density at radius 3 is 2.67 bits per heavy atom. The van der Waals surface area contributed by atoms with Crippen LogP contribution in [0, 0.1) is 11.7 Å². The molecule has 0 aliphatic carbocycles. The summed E-state index contributed by atoms with van der Waals surface area (Å²) in [6, 6.07) is 5.25. The maximum absolute atomic E-state index is 13.0. The number of carbonyl (C=O) groups excluding carboxylic acids is 2. The van der Waals surface area contributed by atoms with Gasteiger partial charge in [0, 0.05) is 10.9 Å². The first-order valence-electron chi connectivity index (χ1n) is 7.76. The van der Waals surface area contributed by atoms with Crippen LogP contribution in [0.2, 0.25) is 0 Å². The Kier molecular flexibility index (Phi) is 4.62. The Bertz CT molecular complexity index is 757. The van der Waals surface area contributed by atoms with E-state index >= 15 is 0 Å². The smallest absolute Gasteiger partial charge is 0.325 e. The number of urea groups is 1. The Morgan fingerprint density at radius 1 is 1.29 bits per heavy atom. The van der Waals surface area contributed by atoms with Gasteiger partial charge >= 0.3 is 6.03 Å². The highest BCUT2D eigenvalue weighted by molar-refractivity contribution is 7.13. The standard InChI is InChI=1S/C17H18FN3O2S/c1-10(2)7-14-16(22)21(17(23)20-14)8-13-9-24-15(19-13)11-3-5-12(18)6-4-11/h3-6,9-10,14H,7-8H2,1-2H3,(H,20,23). The summed E-state index contributed by atoms with van der Waals surface area (Å²) in [6.45, 7) is 4.17. The summed E-state index contributed by atoms with van der Waals surface area (Å²) in [5.41, 5.74) is 1.45. The summed E-state index contributed by atoms with van der Waals surface area (Å²) in [5.74, 6) is -0.181. The number of hydrogen-bond donors (Lipinski definition) is 1. The number of benzene rings is 1. The van der Waals surface area contributed by atoms with E-state index in [1.165, 1.54) is 28.4 Å². The van der Waals surface area contributed by atoms with Gasteiger partial charge in [0.25, 0.3) is 5.91 Å². The van der Waals surface area contributed by atoms with Crippen molar-refractivity contribution >= 4 is 23.3 Å². The average Bonchev–Trinajstić information content (AvgIpc) is 3.09. The number of rotatable bonds is 5. The quantitative estimate of drug-likeness (QED) is 0.843. The van der Waals surface area contributed by atoms with Crippen molar-refractivity contribution in [1.29, 1.82) is 0 Å². The molecule has 1 saturated heterocycles. The third-order valence-corrected chi connectivity index (χ3v) is 4.72. The monoisotopic (exact) mass is 347 g/mol. The molecule has 24 heavy (non-hydrogen) atoms. The molecule has 1 aromatic carbocycles. The summed E-state index contributed by atoms with van der Waals surface area (Å²) in [7, 11) is 0. The molecule has 1 atom stereocenters. The molecule has 5 nitrogen and oxygen atoms in total. The molecule has 7 heteroatoms. The first-order valence-corrected chi connectivity index (χ1v) is 8.64. The number of thiazole rings is 1. The molecule has 3 amide bonds. The first-order chi connectivity index (χ1) is 11.4. The van der Waals surface area contributed by atoms with Crippen LogP contribution in [0.1, 0.15) is 26.0 Å². The van der Waals surface area contributed by atoms with E-state index < -0.39 is 6.04 Å². The number of amides is 3. The third-order valence-electron chi connectivity index (χ3n) is 3.78. The lowest BCUT2D eigenvalue weighted by atomic mass is 10.0. The van der Waals surface area contributed by atoms with Gasteiger partial charge in [-0.3, -0.25) is 9.69 Å². The van der Waals surface area contributed by atoms with E-state index in [0.29, 0.717) is 18.0 Å². The van der Waals surface area contributed by atoms with Gasteiger partial charge in [0.15, 0.2) is 0 Å². The molecule has 1 fully saturated rings. The van der Waals surface area contributed by atoms with Gasteiger partial charge in [0.1, 0.15) is 16.9 Å². The number of halogens is 1. The van der Waals surface area contributed by atoms with Gasteiger partial charge in [-0.15, -0.1) is 11.3 Å². The van der Waals surface area contributed by atoms with Crippen molar-refractivity contribution in [1.82, 2.24) is 15.2 Å². The number of hydrogen-bond acceptors (Lipinski definition) is 4. The number of nitrogens with zero attached hydrogens (tertiary/aromatic N) is 2. The van der Waals surface area contributed by atoms with Crippen molar-refractivity contribution < 1.29 is 14.0 Å². The van der Waals surface area contributed by atoms with Gasteiger partial charge in [0.05, 0.1) is 12.2 Å². The Labute approximate surface area is 143 Å². The molecule has 1 aromatic heterocycles. The topological polar surface area (TPSA) is 62.3 Å². The first kappa shape index (κ1) is 16.6. The highest BCUT2D eigenvalue weighted by Gasteiger charge is 2.38. The lowest BCUT2D eigenvalue weighted by Gasteiger charge is -2.12. The third kappa shape index (κ3) is 3.46. The van der Waals surface area contributed by atoms with Crippen LogP contribution < -0.4 is 5.32 Å². The second-order valence-corrected chi connectivity index (χ2v) is 7.06. The maximum atomic E-state index is 13.0. The second kappa shape index (κ2) is 6.68. The summed E-state index contributed by atoms with van der Waals surface area (Å²) in [6.07, 6.45) is 0.624. The van der Waals surface area contributed by atoms with E-state index in [1.807, 2.05) is 19.2 Å². The summed E-state index contributed by atoms with van der Waals surface area (Å²) < 4.78 is 13.0. The van der Waals surface area contributed by atoms with E-state index in [4.69, 9.17) is 0 Å². The normalized spacial score (nSPS) is 17.7. The predicted molar refractivity (Wildman–Crippen MR) is 89.8 cm³/mol. The summed E-state index contributed by atoms with van der Waals surface area (Å²) >= 11 is 1.40. The van der Waals surface area contributed by atoms with Crippen LogP contribution in [0.5, 0.6) is 0 Å². The minimum atomic E-state index is -0.451. The van der Waals surface area contributed by atoms with Crippen molar-refractivity contribution in [3.63, 3.8) is 0 Å². The molecular weight excluding hydrogens is 329 g/mol. The number of aromatic nitrogens is 1. The Morgan fingerprint density at radius 2 is 2.00 bits per heavy atom. The van der Waals surface area contributed by atoms with Crippen LogP contribution in [0.4, 0.5) is 9.18 Å². The zero-order valence-corrected chi connectivity index (χ0v) is 14.3.